The maximum atomic E-state index is 13.2. The Hall–Kier alpha value is -2.95. The van der Waals surface area contributed by atoms with E-state index < -0.39 is 11.7 Å². The lowest BCUT2D eigenvalue weighted by molar-refractivity contribution is -0.137. The van der Waals surface area contributed by atoms with Crippen molar-refractivity contribution in [3.8, 4) is 0 Å². The van der Waals surface area contributed by atoms with Gasteiger partial charge in [-0.3, -0.25) is 14.5 Å². The maximum Gasteiger partial charge on any atom is 0.277 e. The van der Waals surface area contributed by atoms with Gasteiger partial charge in [0, 0.05) is 11.8 Å². The van der Waals surface area contributed by atoms with Crippen LogP contribution in [0, 0.1) is 5.82 Å². The lowest BCUT2D eigenvalue weighted by Crippen LogP contribution is -2.31. The van der Waals surface area contributed by atoms with Gasteiger partial charge in [0.05, 0.1) is 6.54 Å². The minimum Gasteiger partial charge on any atom is -0.351 e. The van der Waals surface area contributed by atoms with Gasteiger partial charge in [0.25, 0.3) is 11.8 Å². The molecule has 0 fully saturated rings. The molecule has 1 heterocycles. The summed E-state index contributed by atoms with van der Waals surface area (Å²) in [5, 5.41) is 2.79. The largest absolute Gasteiger partial charge is 0.351 e. The molecule has 0 spiro atoms. The maximum absolute atomic E-state index is 13.2. The smallest absolute Gasteiger partial charge is 0.277 e. The third kappa shape index (κ3) is 2.88. The number of halogens is 1. The molecular weight excluding hydrogens is 283 g/mol. The highest BCUT2D eigenvalue weighted by molar-refractivity contribution is 6.17. The molecule has 1 aliphatic rings. The van der Waals surface area contributed by atoms with Crippen LogP contribution in [-0.4, -0.2) is 16.7 Å². The van der Waals surface area contributed by atoms with Crippen molar-refractivity contribution in [2.75, 3.05) is 5.32 Å². The average Bonchev–Trinajstić information content (AvgIpc) is 2.76. The number of anilines is 1. The number of rotatable bonds is 4. The molecule has 2 amide bonds. The molecule has 0 aliphatic carbocycles. The molecule has 2 aromatic carbocycles. The second-order valence-electron chi connectivity index (χ2n) is 4.91. The highest BCUT2D eigenvalue weighted by Crippen LogP contribution is 2.19. The summed E-state index contributed by atoms with van der Waals surface area (Å²) < 4.78 is 13.2. The van der Waals surface area contributed by atoms with Gasteiger partial charge in [0.1, 0.15) is 11.5 Å². The SMILES string of the molecule is O=C1C=C(Nc2cccc(F)c2)C(=O)N1Cc1ccccc1. The fourth-order valence-electron chi connectivity index (χ4n) is 2.24. The molecule has 0 aromatic heterocycles. The minimum atomic E-state index is -0.418. The Morgan fingerprint density at radius 3 is 2.50 bits per heavy atom. The number of carbonyl (C=O) groups excluding carboxylic acids is 2. The highest BCUT2D eigenvalue weighted by atomic mass is 19.1. The predicted octanol–water partition coefficient (Wildman–Crippen LogP) is 2.69. The van der Waals surface area contributed by atoms with E-state index in [0.29, 0.717) is 5.69 Å². The third-order valence-corrected chi connectivity index (χ3v) is 3.30. The predicted molar refractivity (Wildman–Crippen MR) is 80.1 cm³/mol. The van der Waals surface area contributed by atoms with E-state index in [4.69, 9.17) is 0 Å². The number of hydrogen-bond acceptors (Lipinski definition) is 3. The van der Waals surface area contributed by atoms with Crippen LogP contribution in [0.5, 0.6) is 0 Å². The second-order valence-corrected chi connectivity index (χ2v) is 4.91. The number of benzene rings is 2. The Labute approximate surface area is 126 Å². The summed E-state index contributed by atoms with van der Waals surface area (Å²) in [6, 6.07) is 15.0. The molecule has 110 valence electrons. The Kier molecular flexibility index (Phi) is 3.70. The number of amides is 2. The molecule has 0 saturated carbocycles. The molecule has 0 bridgehead atoms. The number of nitrogens with one attached hydrogen (secondary N) is 1. The van der Waals surface area contributed by atoms with Crippen molar-refractivity contribution in [2.45, 2.75) is 6.54 Å². The molecule has 5 heteroatoms. The molecule has 4 nitrogen and oxygen atoms in total. The summed E-state index contributed by atoms with van der Waals surface area (Å²) in [5.74, 6) is -1.21. The fourth-order valence-corrected chi connectivity index (χ4v) is 2.24. The zero-order valence-electron chi connectivity index (χ0n) is 11.6. The molecule has 1 N–H and O–H groups in total. The third-order valence-electron chi connectivity index (χ3n) is 3.30. The van der Waals surface area contributed by atoms with Crippen molar-refractivity contribution in [3.63, 3.8) is 0 Å². The molecule has 3 rings (SSSR count). The van der Waals surface area contributed by atoms with E-state index in [0.717, 1.165) is 10.5 Å². The zero-order chi connectivity index (χ0) is 15.5. The summed E-state index contributed by atoms with van der Waals surface area (Å²) in [6.45, 7) is 0.212. The second kappa shape index (κ2) is 5.81. The Morgan fingerprint density at radius 1 is 1.00 bits per heavy atom. The van der Waals surface area contributed by atoms with Crippen LogP contribution in [0.3, 0.4) is 0 Å². The molecule has 0 unspecified atom stereocenters. The van der Waals surface area contributed by atoms with Crippen LogP contribution in [0.1, 0.15) is 5.56 Å². The van der Waals surface area contributed by atoms with Gasteiger partial charge in [-0.15, -0.1) is 0 Å². The van der Waals surface area contributed by atoms with E-state index in [2.05, 4.69) is 5.32 Å². The van der Waals surface area contributed by atoms with Crippen LogP contribution in [0.15, 0.2) is 66.4 Å². The number of hydrogen-bond donors (Lipinski definition) is 1. The van der Waals surface area contributed by atoms with E-state index in [1.807, 2.05) is 30.3 Å². The monoisotopic (exact) mass is 296 g/mol. The quantitative estimate of drug-likeness (QED) is 0.883. The van der Waals surface area contributed by atoms with Crippen molar-refractivity contribution in [3.05, 3.63) is 77.8 Å². The first-order valence-corrected chi connectivity index (χ1v) is 6.77. The van der Waals surface area contributed by atoms with Crippen molar-refractivity contribution in [1.82, 2.24) is 4.90 Å². The summed E-state index contributed by atoms with van der Waals surface area (Å²) in [4.78, 5) is 25.4. The van der Waals surface area contributed by atoms with Crippen LogP contribution in [0.25, 0.3) is 0 Å². The number of carbonyl (C=O) groups is 2. The molecular formula is C17H13FN2O2. The summed E-state index contributed by atoms with van der Waals surface area (Å²) in [7, 11) is 0. The summed E-state index contributed by atoms with van der Waals surface area (Å²) >= 11 is 0. The molecule has 0 saturated heterocycles. The van der Waals surface area contributed by atoms with Crippen LogP contribution >= 0.6 is 0 Å². The minimum absolute atomic E-state index is 0.145. The van der Waals surface area contributed by atoms with E-state index in [-0.39, 0.29) is 18.1 Å². The van der Waals surface area contributed by atoms with Crippen molar-refractivity contribution in [1.29, 1.82) is 0 Å². The van der Waals surface area contributed by atoms with Gasteiger partial charge in [-0.1, -0.05) is 36.4 Å². The molecule has 0 atom stereocenters. The normalized spacial score (nSPS) is 14.2. The van der Waals surface area contributed by atoms with E-state index >= 15 is 0 Å². The van der Waals surface area contributed by atoms with Crippen molar-refractivity contribution < 1.29 is 14.0 Å². The van der Waals surface area contributed by atoms with Gasteiger partial charge in [-0.05, 0) is 23.8 Å². The van der Waals surface area contributed by atoms with Gasteiger partial charge in [-0.25, -0.2) is 4.39 Å². The molecule has 2 aromatic rings. The Morgan fingerprint density at radius 2 is 1.77 bits per heavy atom. The lowest BCUT2D eigenvalue weighted by Gasteiger charge is -2.15. The van der Waals surface area contributed by atoms with E-state index in [1.165, 1.54) is 24.3 Å². The Balaban J connectivity index is 1.74. The molecule has 0 radical (unpaired) electrons. The molecule has 22 heavy (non-hydrogen) atoms. The topological polar surface area (TPSA) is 49.4 Å². The van der Waals surface area contributed by atoms with Crippen molar-refractivity contribution >= 4 is 17.5 Å². The van der Waals surface area contributed by atoms with Gasteiger partial charge in [0.15, 0.2) is 0 Å². The van der Waals surface area contributed by atoms with Gasteiger partial charge < -0.3 is 5.32 Å². The standard InChI is InChI=1S/C17H13FN2O2/c18-13-7-4-8-14(9-13)19-15-10-16(21)20(17(15)22)11-12-5-2-1-3-6-12/h1-10,19H,11H2. The van der Waals surface area contributed by atoms with Crippen molar-refractivity contribution in [2.24, 2.45) is 0 Å². The van der Waals surface area contributed by atoms with Crippen LogP contribution in [0.4, 0.5) is 10.1 Å². The first-order chi connectivity index (χ1) is 10.6. The number of imide groups is 1. The van der Waals surface area contributed by atoms with Crippen LogP contribution < -0.4 is 5.32 Å². The lowest BCUT2D eigenvalue weighted by atomic mass is 10.2. The van der Waals surface area contributed by atoms with Crippen LogP contribution in [-0.2, 0) is 16.1 Å². The Bertz CT molecular complexity index is 756. The van der Waals surface area contributed by atoms with Crippen LogP contribution in [0.2, 0.25) is 0 Å². The summed E-state index contributed by atoms with van der Waals surface area (Å²) in [6.07, 6.45) is 1.23. The van der Waals surface area contributed by atoms with Gasteiger partial charge in [0.2, 0.25) is 0 Å². The fraction of sp³-hybridized carbons (Fsp3) is 0.0588. The van der Waals surface area contributed by atoms with Gasteiger partial charge >= 0.3 is 0 Å². The number of nitrogens with zero attached hydrogens (tertiary/aromatic N) is 1. The molecule has 1 aliphatic heterocycles. The first-order valence-electron chi connectivity index (χ1n) is 6.77. The highest BCUT2D eigenvalue weighted by Gasteiger charge is 2.31. The van der Waals surface area contributed by atoms with E-state index in [9.17, 15) is 14.0 Å². The van der Waals surface area contributed by atoms with E-state index in [1.54, 1.807) is 6.07 Å². The average molecular weight is 296 g/mol. The summed E-state index contributed by atoms with van der Waals surface area (Å²) in [5.41, 5.74) is 1.44. The van der Waals surface area contributed by atoms with Gasteiger partial charge in [-0.2, -0.15) is 0 Å². The zero-order valence-corrected chi connectivity index (χ0v) is 11.6. The first kappa shape index (κ1) is 14.0.